The molecule has 1 fully saturated rings. The van der Waals surface area contributed by atoms with Crippen molar-refractivity contribution >= 4 is 27.9 Å². The summed E-state index contributed by atoms with van der Waals surface area (Å²) in [5, 5.41) is 8.09. The zero-order chi connectivity index (χ0) is 7.11. The Morgan fingerprint density at radius 2 is 2.22 bits per heavy atom. The predicted molar refractivity (Wildman–Crippen MR) is 37.7 cm³/mol. The molecule has 0 aromatic rings. The molecular formula is C6H13NaO2. The number of epoxide rings is 1. The minimum atomic E-state index is 0.378. The van der Waals surface area contributed by atoms with Crippen molar-refractivity contribution in [2.75, 3.05) is 13.2 Å². The fourth-order valence-electron chi connectivity index (χ4n) is 0.254. The fourth-order valence-corrected chi connectivity index (χ4v) is 0.571. The molecule has 1 aliphatic heterocycles. The Kier molecular flexibility index (Phi) is 7.75. The molecule has 1 heterocycles. The van der Waals surface area contributed by atoms with Gasteiger partial charge in [-0.25, -0.2) is 0 Å². The van der Waals surface area contributed by atoms with E-state index in [4.69, 9.17) is 9.84 Å². The van der Waals surface area contributed by atoms with Crippen LogP contribution in [0.4, 0.5) is 0 Å². The summed E-state index contributed by atoms with van der Waals surface area (Å²) in [5.74, 6) is 0. The van der Waals surface area contributed by atoms with E-state index in [0.29, 0.717) is 12.7 Å². The third kappa shape index (κ3) is 12.2. The molecule has 0 saturated carbocycles. The van der Waals surface area contributed by atoms with Crippen LogP contribution in [0.3, 0.4) is 0 Å². The van der Waals surface area contributed by atoms with Crippen LogP contribution in [-0.4, -0.2) is 52.4 Å². The third-order valence-corrected chi connectivity index (χ3v) is 1.72. The number of hydrogen-bond donors (Lipinski definition) is 1. The maximum absolute atomic E-state index is 8.09. The van der Waals surface area contributed by atoms with Crippen molar-refractivity contribution in [1.82, 2.24) is 0 Å². The molecule has 1 rings (SSSR count). The van der Waals surface area contributed by atoms with Gasteiger partial charge < -0.3 is 4.74 Å². The van der Waals surface area contributed by atoms with Gasteiger partial charge in [-0.15, -0.1) is 0 Å². The molecular weight excluding hydrogens is 127 g/mol. The van der Waals surface area contributed by atoms with Gasteiger partial charge in [-0.3, -0.25) is 0 Å². The first-order valence-corrected chi connectivity index (χ1v) is 4.95. The van der Waals surface area contributed by atoms with Gasteiger partial charge in [0.05, 0.1) is 12.7 Å². The Balaban J connectivity index is 0.000000144. The van der Waals surface area contributed by atoms with Gasteiger partial charge in [0.2, 0.25) is 0 Å². The molecule has 1 saturated heterocycles. The molecule has 0 amide bonds. The summed E-state index contributed by atoms with van der Waals surface area (Å²) in [6, 6.07) is 0. The van der Waals surface area contributed by atoms with Crippen LogP contribution in [0.1, 0.15) is 13.3 Å². The topological polar surface area (TPSA) is 32.8 Å². The number of hydrogen-bond acceptors (Lipinski definition) is 2. The van der Waals surface area contributed by atoms with Gasteiger partial charge in [0.1, 0.15) is 0 Å². The van der Waals surface area contributed by atoms with Gasteiger partial charge in [-0.2, -0.15) is 0 Å². The van der Waals surface area contributed by atoms with Crippen molar-refractivity contribution in [3.63, 3.8) is 0 Å². The summed E-state index contributed by atoms with van der Waals surface area (Å²) >= 11 is 1.24. The summed E-state index contributed by atoms with van der Waals surface area (Å²) in [5.41, 5.74) is 0. The molecule has 0 aromatic carbocycles. The molecule has 1 aliphatic rings. The molecule has 0 aromatic heterocycles. The van der Waals surface area contributed by atoms with Gasteiger partial charge in [-0.05, 0) is 6.92 Å². The summed E-state index contributed by atoms with van der Waals surface area (Å²) in [6.45, 7) is 3.42. The molecule has 0 spiro atoms. The van der Waals surface area contributed by atoms with Gasteiger partial charge in [0.25, 0.3) is 0 Å². The second kappa shape index (κ2) is 7.03. The molecule has 1 unspecified atom stereocenters. The van der Waals surface area contributed by atoms with Crippen LogP contribution in [0.2, 0.25) is 3.67 Å². The average molecular weight is 140 g/mol. The van der Waals surface area contributed by atoms with Crippen LogP contribution in [0, 0.1) is 0 Å². The molecule has 1 N–H and O–H groups in total. The first-order chi connectivity index (χ1) is 4.31. The average Bonchev–Trinajstić information content (AvgIpc) is 2.55. The van der Waals surface area contributed by atoms with E-state index in [1.54, 1.807) is 0 Å². The summed E-state index contributed by atoms with van der Waals surface area (Å²) in [6.07, 6.45) is 1.59. The zero-order valence-corrected chi connectivity index (χ0v) is 8.26. The van der Waals surface area contributed by atoms with E-state index in [1.165, 1.54) is 31.6 Å². The Hall–Kier alpha value is 0.920. The normalized spacial score (nSPS) is 22.4. The maximum atomic E-state index is 8.09. The molecule has 2 nitrogen and oxygen atoms in total. The van der Waals surface area contributed by atoms with E-state index in [0.717, 1.165) is 13.0 Å². The minimum absolute atomic E-state index is 0.378. The van der Waals surface area contributed by atoms with E-state index < -0.39 is 0 Å². The van der Waals surface area contributed by atoms with Crippen molar-refractivity contribution in [2.45, 2.75) is 23.1 Å². The van der Waals surface area contributed by atoms with E-state index in [-0.39, 0.29) is 0 Å². The molecule has 0 bridgehead atoms. The van der Waals surface area contributed by atoms with Crippen molar-refractivity contribution in [1.29, 1.82) is 0 Å². The van der Waals surface area contributed by atoms with E-state index in [1.807, 2.05) is 0 Å². The predicted octanol–water partition coefficient (Wildman–Crippen LogP) is 0.361. The van der Waals surface area contributed by atoms with Crippen LogP contribution in [-0.2, 0) is 4.74 Å². The second-order valence-corrected chi connectivity index (χ2v) is 3.22. The van der Waals surface area contributed by atoms with Crippen LogP contribution in [0.5, 0.6) is 0 Å². The third-order valence-electron chi connectivity index (χ3n) is 1.01. The Morgan fingerprint density at radius 1 is 1.78 bits per heavy atom. The van der Waals surface area contributed by atoms with Crippen LogP contribution in [0.25, 0.3) is 0 Å². The summed E-state index contributed by atoms with van der Waals surface area (Å²) in [7, 11) is 0. The van der Waals surface area contributed by atoms with E-state index >= 15 is 0 Å². The van der Waals surface area contributed by atoms with E-state index in [9.17, 15) is 0 Å². The van der Waals surface area contributed by atoms with Crippen LogP contribution < -0.4 is 0 Å². The summed E-state index contributed by atoms with van der Waals surface area (Å²) < 4.78 is 5.94. The number of aliphatic hydroxyl groups excluding tert-OH is 1. The quantitative estimate of drug-likeness (QED) is 0.443. The molecule has 9 heavy (non-hydrogen) atoms. The number of rotatable bonds is 2. The van der Waals surface area contributed by atoms with Gasteiger partial charge >= 0.3 is 49.7 Å². The van der Waals surface area contributed by atoms with Gasteiger partial charge in [0, 0.05) is 0 Å². The molecule has 0 aliphatic carbocycles. The van der Waals surface area contributed by atoms with Crippen molar-refractivity contribution in [3.05, 3.63) is 0 Å². The Labute approximate surface area is 74.0 Å². The van der Waals surface area contributed by atoms with E-state index in [2.05, 4.69) is 6.92 Å². The molecule has 0 radical (unpaired) electrons. The Bertz CT molecular complexity index is 53.0. The fraction of sp³-hybridized carbons (Fsp3) is 1.00. The SMILES string of the molecule is CC1CO1.OCC[CH2][Na]. The standard InChI is InChI=1S/C3H6O.C3H7O.Na/c1-3-2-4-3;1-2-3-4;/h3H,2H2,1H3;4H,1-3H2;. The van der Waals surface area contributed by atoms with Gasteiger partial charge in [-0.1, -0.05) is 0 Å². The van der Waals surface area contributed by atoms with Gasteiger partial charge in [0.15, 0.2) is 0 Å². The number of ether oxygens (including phenoxy) is 1. The van der Waals surface area contributed by atoms with Crippen molar-refractivity contribution in [2.24, 2.45) is 0 Å². The molecule has 50 valence electrons. The monoisotopic (exact) mass is 140 g/mol. The first-order valence-electron chi connectivity index (χ1n) is 3.53. The van der Waals surface area contributed by atoms with Crippen LogP contribution in [0.15, 0.2) is 0 Å². The second-order valence-electron chi connectivity index (χ2n) is 2.22. The first kappa shape index (κ1) is 9.92. The van der Waals surface area contributed by atoms with Crippen molar-refractivity contribution in [3.8, 4) is 0 Å². The van der Waals surface area contributed by atoms with Crippen molar-refractivity contribution < 1.29 is 9.84 Å². The summed E-state index contributed by atoms with van der Waals surface area (Å²) in [4.78, 5) is 0. The Morgan fingerprint density at radius 3 is 2.22 bits per heavy atom. The zero-order valence-electron chi connectivity index (χ0n) is 6.26. The molecule has 1 atom stereocenters. The van der Waals surface area contributed by atoms with Crippen LogP contribution >= 0.6 is 0 Å². The molecule has 3 heteroatoms. The number of aliphatic hydroxyl groups is 1.